The maximum Gasteiger partial charge on any atom is 0.120 e. The molecule has 1 aliphatic heterocycles. The summed E-state index contributed by atoms with van der Waals surface area (Å²) >= 11 is 0. The molecule has 1 N–H and O–H groups in total. The molecule has 0 amide bonds. The van der Waals surface area contributed by atoms with Crippen molar-refractivity contribution in [3.05, 3.63) is 65.2 Å². The first-order valence-electron chi connectivity index (χ1n) is 6.40. The van der Waals surface area contributed by atoms with E-state index in [1.807, 2.05) is 18.2 Å². The summed E-state index contributed by atoms with van der Waals surface area (Å²) in [6.45, 7) is 2.62. The number of ether oxygens (including phenoxy) is 1. The quantitative estimate of drug-likeness (QED) is 0.889. The van der Waals surface area contributed by atoms with E-state index in [1.165, 1.54) is 16.7 Å². The molecule has 0 fully saturated rings. The van der Waals surface area contributed by atoms with Crippen molar-refractivity contribution < 1.29 is 4.74 Å². The Morgan fingerprint density at radius 3 is 2.72 bits per heavy atom. The summed E-state index contributed by atoms with van der Waals surface area (Å²) in [5.41, 5.74) is 3.88. The van der Waals surface area contributed by atoms with Gasteiger partial charge in [-0.1, -0.05) is 36.4 Å². The Bertz CT molecular complexity index is 498. The first-order chi connectivity index (χ1) is 8.90. The third-order valence-corrected chi connectivity index (χ3v) is 3.19. The zero-order valence-corrected chi connectivity index (χ0v) is 10.4. The van der Waals surface area contributed by atoms with E-state index in [9.17, 15) is 0 Å². The monoisotopic (exact) mass is 239 g/mol. The molecule has 0 atom stereocenters. The molecule has 2 aromatic rings. The van der Waals surface area contributed by atoms with Crippen molar-refractivity contribution in [2.45, 2.75) is 19.6 Å². The molecule has 0 aliphatic carbocycles. The summed E-state index contributed by atoms with van der Waals surface area (Å²) in [5, 5.41) is 3.40. The summed E-state index contributed by atoms with van der Waals surface area (Å²) in [4.78, 5) is 0. The average molecular weight is 239 g/mol. The number of fused-ring (bicyclic) bond motifs is 2. The highest BCUT2D eigenvalue weighted by molar-refractivity contribution is 5.35. The second kappa shape index (κ2) is 5.23. The van der Waals surface area contributed by atoms with Crippen molar-refractivity contribution in [2.24, 2.45) is 0 Å². The van der Waals surface area contributed by atoms with Gasteiger partial charge in [-0.25, -0.2) is 0 Å². The van der Waals surface area contributed by atoms with Crippen molar-refractivity contribution in [3.8, 4) is 5.75 Å². The zero-order valence-electron chi connectivity index (χ0n) is 10.4. The second-order valence-electron chi connectivity index (χ2n) is 4.69. The van der Waals surface area contributed by atoms with Crippen molar-refractivity contribution in [1.29, 1.82) is 0 Å². The van der Waals surface area contributed by atoms with E-state index in [2.05, 4.69) is 35.6 Å². The molecular formula is C16H17NO. The number of hydrogen-bond acceptors (Lipinski definition) is 2. The molecule has 18 heavy (non-hydrogen) atoms. The predicted octanol–water partition coefficient (Wildman–Crippen LogP) is 2.91. The van der Waals surface area contributed by atoms with E-state index in [0.29, 0.717) is 6.61 Å². The summed E-state index contributed by atoms with van der Waals surface area (Å²) in [6.07, 6.45) is 1.08. The van der Waals surface area contributed by atoms with Gasteiger partial charge in [0, 0.05) is 6.54 Å². The molecule has 2 aromatic carbocycles. The van der Waals surface area contributed by atoms with E-state index < -0.39 is 0 Å². The predicted molar refractivity (Wildman–Crippen MR) is 72.6 cm³/mol. The summed E-state index contributed by atoms with van der Waals surface area (Å²) in [5.74, 6) is 0.982. The molecular weight excluding hydrogens is 222 g/mol. The van der Waals surface area contributed by atoms with Gasteiger partial charge in [-0.05, 0) is 41.8 Å². The number of rotatable bonds is 3. The third kappa shape index (κ3) is 2.71. The van der Waals surface area contributed by atoms with Crippen LogP contribution in [0.3, 0.4) is 0 Å². The third-order valence-electron chi connectivity index (χ3n) is 3.19. The van der Waals surface area contributed by atoms with Crippen LogP contribution in [0.4, 0.5) is 0 Å². The lowest BCUT2D eigenvalue weighted by Crippen LogP contribution is -2.13. The highest BCUT2D eigenvalue weighted by Gasteiger charge is 2.06. The van der Waals surface area contributed by atoms with E-state index in [4.69, 9.17) is 4.74 Å². The standard InChI is InChI=1S/C16H17NO/c1-2-4-13(5-3-1)12-18-16-9-14-6-7-17-11-15(8-14)10-16/h1-5,8-10,17H,6-7,11-12H2. The van der Waals surface area contributed by atoms with Crippen molar-refractivity contribution >= 4 is 0 Å². The topological polar surface area (TPSA) is 21.3 Å². The molecule has 3 rings (SSSR count). The molecule has 2 nitrogen and oxygen atoms in total. The smallest absolute Gasteiger partial charge is 0.120 e. The Kier molecular flexibility index (Phi) is 3.29. The Balaban J connectivity index is 1.73. The summed E-state index contributed by atoms with van der Waals surface area (Å²) in [7, 11) is 0. The maximum absolute atomic E-state index is 5.88. The van der Waals surface area contributed by atoms with Crippen LogP contribution in [0.2, 0.25) is 0 Å². The van der Waals surface area contributed by atoms with Gasteiger partial charge in [0.15, 0.2) is 0 Å². The lowest BCUT2D eigenvalue weighted by atomic mass is 10.1. The van der Waals surface area contributed by atoms with Gasteiger partial charge in [0.25, 0.3) is 0 Å². The van der Waals surface area contributed by atoms with Gasteiger partial charge in [0.2, 0.25) is 0 Å². The number of nitrogens with one attached hydrogen (secondary N) is 1. The van der Waals surface area contributed by atoms with Crippen LogP contribution in [0.25, 0.3) is 0 Å². The van der Waals surface area contributed by atoms with Gasteiger partial charge in [-0.3, -0.25) is 0 Å². The largest absolute Gasteiger partial charge is 0.489 e. The molecule has 2 bridgehead atoms. The van der Waals surface area contributed by atoms with Gasteiger partial charge in [0.1, 0.15) is 12.4 Å². The van der Waals surface area contributed by atoms with Crippen molar-refractivity contribution in [3.63, 3.8) is 0 Å². The van der Waals surface area contributed by atoms with Crippen LogP contribution in [0.15, 0.2) is 48.5 Å². The van der Waals surface area contributed by atoms with Crippen LogP contribution in [-0.4, -0.2) is 6.54 Å². The van der Waals surface area contributed by atoms with Crippen LogP contribution in [-0.2, 0) is 19.6 Å². The highest BCUT2D eigenvalue weighted by atomic mass is 16.5. The minimum Gasteiger partial charge on any atom is -0.489 e. The molecule has 0 spiro atoms. The lowest BCUT2D eigenvalue weighted by Gasteiger charge is -2.09. The van der Waals surface area contributed by atoms with Gasteiger partial charge in [0.05, 0.1) is 0 Å². The summed E-state index contributed by atoms with van der Waals surface area (Å²) < 4.78 is 5.88. The van der Waals surface area contributed by atoms with E-state index in [0.717, 1.165) is 25.3 Å². The normalized spacial score (nSPS) is 14.0. The van der Waals surface area contributed by atoms with Gasteiger partial charge >= 0.3 is 0 Å². The molecule has 92 valence electrons. The molecule has 2 heteroatoms. The Hall–Kier alpha value is -1.80. The van der Waals surface area contributed by atoms with E-state index >= 15 is 0 Å². The molecule has 1 heterocycles. The van der Waals surface area contributed by atoms with Gasteiger partial charge in [-0.15, -0.1) is 0 Å². The van der Waals surface area contributed by atoms with Gasteiger partial charge in [-0.2, -0.15) is 0 Å². The highest BCUT2D eigenvalue weighted by Crippen LogP contribution is 2.20. The van der Waals surface area contributed by atoms with Crippen LogP contribution in [0, 0.1) is 0 Å². The minimum absolute atomic E-state index is 0.636. The second-order valence-corrected chi connectivity index (χ2v) is 4.69. The van der Waals surface area contributed by atoms with Crippen LogP contribution in [0.5, 0.6) is 5.75 Å². The molecule has 1 aliphatic rings. The fourth-order valence-electron chi connectivity index (χ4n) is 2.26. The maximum atomic E-state index is 5.88. The molecule has 0 aromatic heterocycles. The van der Waals surface area contributed by atoms with Crippen molar-refractivity contribution in [1.82, 2.24) is 5.32 Å². The van der Waals surface area contributed by atoms with Crippen LogP contribution >= 0.6 is 0 Å². The number of hydrogen-bond donors (Lipinski definition) is 1. The van der Waals surface area contributed by atoms with Crippen LogP contribution in [0.1, 0.15) is 16.7 Å². The van der Waals surface area contributed by atoms with Crippen molar-refractivity contribution in [2.75, 3.05) is 6.54 Å². The molecule has 0 saturated heterocycles. The SMILES string of the molecule is c1ccc(COc2cc3cc(c2)CNCC3)cc1. The number of benzene rings is 2. The fraction of sp³-hybridized carbons (Fsp3) is 0.250. The first-order valence-corrected chi connectivity index (χ1v) is 6.40. The van der Waals surface area contributed by atoms with E-state index in [-0.39, 0.29) is 0 Å². The first kappa shape index (κ1) is 11.3. The molecule has 0 unspecified atom stereocenters. The minimum atomic E-state index is 0.636. The molecule has 0 radical (unpaired) electrons. The Labute approximate surface area is 108 Å². The molecule has 0 saturated carbocycles. The lowest BCUT2D eigenvalue weighted by molar-refractivity contribution is 0.305. The Morgan fingerprint density at radius 1 is 1.00 bits per heavy atom. The van der Waals surface area contributed by atoms with Gasteiger partial charge < -0.3 is 10.1 Å². The van der Waals surface area contributed by atoms with E-state index in [1.54, 1.807) is 0 Å². The zero-order chi connectivity index (χ0) is 12.2. The average Bonchev–Trinajstić information content (AvgIpc) is 2.58. The fourth-order valence-corrected chi connectivity index (χ4v) is 2.26. The Morgan fingerprint density at radius 2 is 1.83 bits per heavy atom. The summed E-state index contributed by atoms with van der Waals surface area (Å²) in [6, 6.07) is 16.8. The van der Waals surface area contributed by atoms with Crippen LogP contribution < -0.4 is 10.1 Å².